The fraction of sp³-hybridized carbons (Fsp3) is 0.522. The Bertz CT molecular complexity index is 903. The Balaban J connectivity index is 1.38. The number of nitrogens with one attached hydrogen (secondary N) is 1. The lowest BCUT2D eigenvalue weighted by Crippen LogP contribution is -2.45. The van der Waals surface area contributed by atoms with Gasteiger partial charge in [0, 0.05) is 37.2 Å². The van der Waals surface area contributed by atoms with Gasteiger partial charge in [-0.25, -0.2) is 0 Å². The third kappa shape index (κ3) is 3.15. The van der Waals surface area contributed by atoms with E-state index < -0.39 is 5.41 Å². The van der Waals surface area contributed by atoms with Gasteiger partial charge in [0.2, 0.25) is 11.8 Å². The van der Waals surface area contributed by atoms with Crippen LogP contribution in [0.3, 0.4) is 0 Å². The minimum atomic E-state index is -0.574. The number of nitrogens with zero attached hydrogens (tertiary/aromatic N) is 3. The SMILES string of the molecule is O=C(Cc1ccn[nH]1)N1CCC2(C1)C(=O)N(CC1CCCCC1)c1ccccc12. The van der Waals surface area contributed by atoms with Gasteiger partial charge >= 0.3 is 0 Å². The van der Waals surface area contributed by atoms with Gasteiger partial charge in [0.25, 0.3) is 0 Å². The second-order valence-corrected chi connectivity index (χ2v) is 8.84. The fourth-order valence-electron chi connectivity index (χ4n) is 5.48. The molecule has 1 aromatic carbocycles. The van der Waals surface area contributed by atoms with Crippen molar-refractivity contribution in [2.75, 3.05) is 24.5 Å². The number of rotatable bonds is 4. The smallest absolute Gasteiger partial charge is 0.239 e. The molecule has 1 N–H and O–H groups in total. The van der Waals surface area contributed by atoms with Crippen LogP contribution >= 0.6 is 0 Å². The zero-order valence-electron chi connectivity index (χ0n) is 16.8. The normalized spacial score (nSPS) is 24.5. The van der Waals surface area contributed by atoms with E-state index in [9.17, 15) is 9.59 Å². The average Bonchev–Trinajstić information content (AvgIpc) is 3.47. The molecule has 152 valence electrons. The first kappa shape index (κ1) is 18.4. The molecule has 0 bridgehead atoms. The molecule has 1 spiro atoms. The molecule has 2 aliphatic heterocycles. The number of carbonyl (C=O) groups excluding carboxylic acids is 2. The molecular formula is C23H28N4O2. The van der Waals surface area contributed by atoms with Crippen molar-refractivity contribution >= 4 is 17.5 Å². The van der Waals surface area contributed by atoms with Crippen molar-refractivity contribution in [2.24, 2.45) is 5.92 Å². The number of anilines is 1. The number of aromatic amines is 1. The van der Waals surface area contributed by atoms with Crippen LogP contribution < -0.4 is 4.90 Å². The van der Waals surface area contributed by atoms with Crippen molar-refractivity contribution in [3.8, 4) is 0 Å². The third-order valence-corrected chi connectivity index (χ3v) is 7.05. The largest absolute Gasteiger partial charge is 0.341 e. The molecule has 3 heterocycles. The highest BCUT2D eigenvalue weighted by molar-refractivity contribution is 6.09. The van der Waals surface area contributed by atoms with E-state index in [1.54, 1.807) is 6.20 Å². The molecule has 0 radical (unpaired) electrons. The fourth-order valence-corrected chi connectivity index (χ4v) is 5.48. The third-order valence-electron chi connectivity index (χ3n) is 7.05. The van der Waals surface area contributed by atoms with E-state index in [0.717, 1.165) is 23.5 Å². The van der Waals surface area contributed by atoms with Gasteiger partial charge in [-0.15, -0.1) is 0 Å². The lowest BCUT2D eigenvalue weighted by atomic mass is 9.81. The second-order valence-electron chi connectivity index (χ2n) is 8.84. The number of para-hydroxylation sites is 1. The summed E-state index contributed by atoms with van der Waals surface area (Å²) in [4.78, 5) is 30.4. The minimum absolute atomic E-state index is 0.0575. The summed E-state index contributed by atoms with van der Waals surface area (Å²) in [5.74, 6) is 0.846. The minimum Gasteiger partial charge on any atom is -0.341 e. The summed E-state index contributed by atoms with van der Waals surface area (Å²) in [5, 5.41) is 6.78. The van der Waals surface area contributed by atoms with E-state index in [1.165, 1.54) is 32.1 Å². The summed E-state index contributed by atoms with van der Waals surface area (Å²) in [6, 6.07) is 10.0. The van der Waals surface area contributed by atoms with Gasteiger partial charge in [0.1, 0.15) is 0 Å². The van der Waals surface area contributed by atoms with E-state index in [4.69, 9.17) is 0 Å². The summed E-state index contributed by atoms with van der Waals surface area (Å²) >= 11 is 0. The topological polar surface area (TPSA) is 69.3 Å². The van der Waals surface area contributed by atoms with Crippen LogP contribution in [0, 0.1) is 5.92 Å². The molecular weight excluding hydrogens is 364 g/mol. The van der Waals surface area contributed by atoms with Crippen molar-refractivity contribution in [2.45, 2.75) is 50.4 Å². The van der Waals surface area contributed by atoms with E-state index in [0.29, 0.717) is 31.8 Å². The summed E-state index contributed by atoms with van der Waals surface area (Å²) in [5.41, 5.74) is 2.41. The molecule has 1 saturated carbocycles. The number of hydrogen-bond acceptors (Lipinski definition) is 3. The van der Waals surface area contributed by atoms with Crippen molar-refractivity contribution in [1.29, 1.82) is 0 Å². The van der Waals surface area contributed by atoms with Gasteiger partial charge in [0.15, 0.2) is 0 Å². The molecule has 6 nitrogen and oxygen atoms in total. The number of H-pyrrole nitrogens is 1. The zero-order chi connectivity index (χ0) is 19.8. The van der Waals surface area contributed by atoms with Crippen LogP contribution in [0.4, 0.5) is 5.69 Å². The lowest BCUT2D eigenvalue weighted by Gasteiger charge is -2.29. The Kier molecular flexibility index (Phi) is 4.64. The molecule has 1 aliphatic carbocycles. The highest BCUT2D eigenvalue weighted by Crippen LogP contribution is 2.48. The molecule has 3 aliphatic rings. The number of benzene rings is 1. The second kappa shape index (κ2) is 7.32. The Morgan fingerprint density at radius 2 is 2.00 bits per heavy atom. The van der Waals surface area contributed by atoms with Crippen molar-refractivity contribution in [3.63, 3.8) is 0 Å². The van der Waals surface area contributed by atoms with Crippen molar-refractivity contribution in [1.82, 2.24) is 15.1 Å². The summed E-state index contributed by atoms with van der Waals surface area (Å²) < 4.78 is 0. The molecule has 5 rings (SSSR count). The van der Waals surface area contributed by atoms with Gasteiger partial charge in [-0.1, -0.05) is 37.5 Å². The number of fused-ring (bicyclic) bond motifs is 2. The predicted octanol–water partition coefficient (Wildman–Crippen LogP) is 3.05. The molecule has 1 unspecified atom stereocenters. The highest BCUT2D eigenvalue weighted by Gasteiger charge is 2.55. The monoisotopic (exact) mass is 392 g/mol. The van der Waals surface area contributed by atoms with E-state index >= 15 is 0 Å². The van der Waals surface area contributed by atoms with Crippen LogP contribution in [-0.4, -0.2) is 46.5 Å². The molecule has 1 atom stereocenters. The Hall–Kier alpha value is -2.63. The Labute approximate surface area is 171 Å². The van der Waals surface area contributed by atoms with Crippen molar-refractivity contribution in [3.05, 3.63) is 47.8 Å². The number of aromatic nitrogens is 2. The maximum atomic E-state index is 13.7. The molecule has 2 fully saturated rings. The summed E-state index contributed by atoms with van der Waals surface area (Å²) in [6.07, 6.45) is 8.97. The molecule has 2 amide bonds. The van der Waals surface area contributed by atoms with Crippen molar-refractivity contribution < 1.29 is 9.59 Å². The highest BCUT2D eigenvalue weighted by atomic mass is 16.2. The number of likely N-dealkylation sites (tertiary alicyclic amines) is 1. The van der Waals surface area contributed by atoms with Gasteiger partial charge in [-0.3, -0.25) is 14.7 Å². The molecule has 6 heteroatoms. The molecule has 1 aromatic heterocycles. The Morgan fingerprint density at radius 1 is 1.17 bits per heavy atom. The predicted molar refractivity (Wildman–Crippen MR) is 111 cm³/mol. The van der Waals surface area contributed by atoms with Gasteiger partial charge in [-0.2, -0.15) is 5.10 Å². The first-order valence-electron chi connectivity index (χ1n) is 10.8. The first-order valence-corrected chi connectivity index (χ1v) is 10.8. The quantitative estimate of drug-likeness (QED) is 0.869. The number of carbonyl (C=O) groups is 2. The summed E-state index contributed by atoms with van der Waals surface area (Å²) in [7, 11) is 0. The van der Waals surface area contributed by atoms with Crippen LogP contribution in [0.25, 0.3) is 0 Å². The number of amides is 2. The standard InChI is InChI=1S/C23H28N4O2/c28-21(14-18-10-12-24-25-18)26-13-11-23(16-26)19-8-4-5-9-20(19)27(22(23)29)15-17-6-2-1-3-7-17/h4-5,8-10,12,17H,1-3,6-7,11,13-16H2,(H,24,25). The molecule has 2 aromatic rings. The zero-order valence-corrected chi connectivity index (χ0v) is 16.8. The van der Waals surface area contributed by atoms with Crippen LogP contribution in [0.2, 0.25) is 0 Å². The average molecular weight is 393 g/mol. The number of hydrogen-bond donors (Lipinski definition) is 1. The van der Waals surface area contributed by atoms with E-state index in [2.05, 4.69) is 22.3 Å². The maximum Gasteiger partial charge on any atom is 0.239 e. The van der Waals surface area contributed by atoms with Gasteiger partial charge in [0.05, 0.1) is 11.8 Å². The molecule has 29 heavy (non-hydrogen) atoms. The Morgan fingerprint density at radius 3 is 2.79 bits per heavy atom. The van der Waals surface area contributed by atoms with Gasteiger partial charge < -0.3 is 9.80 Å². The van der Waals surface area contributed by atoms with Crippen LogP contribution in [-0.2, 0) is 21.4 Å². The van der Waals surface area contributed by atoms with E-state index in [1.807, 2.05) is 28.0 Å². The van der Waals surface area contributed by atoms with E-state index in [-0.39, 0.29) is 11.8 Å². The molecule has 1 saturated heterocycles. The van der Waals surface area contributed by atoms with Gasteiger partial charge in [-0.05, 0) is 42.9 Å². The first-order chi connectivity index (χ1) is 14.2. The summed E-state index contributed by atoms with van der Waals surface area (Å²) in [6.45, 7) is 1.93. The maximum absolute atomic E-state index is 13.7. The van der Waals surface area contributed by atoms with Crippen LogP contribution in [0.15, 0.2) is 36.5 Å². The lowest BCUT2D eigenvalue weighted by molar-refractivity contribution is -0.130. The van der Waals surface area contributed by atoms with Crippen LogP contribution in [0.5, 0.6) is 0 Å². The van der Waals surface area contributed by atoms with Crippen LogP contribution in [0.1, 0.15) is 49.8 Å².